The van der Waals surface area contributed by atoms with Gasteiger partial charge < -0.3 is 10.2 Å². The van der Waals surface area contributed by atoms with E-state index in [0.29, 0.717) is 11.6 Å². The van der Waals surface area contributed by atoms with Gasteiger partial charge in [-0.3, -0.25) is 9.59 Å². The standard InChI is InChI=1S/C14H18N2O2S/c1-3-11-6-4-5-10(2)14(11)15-12(17)7-16-9-19-8-13(16)18/h4-6H,3,7-9H2,1-2H3,(H,15,17). The second-order valence-electron chi connectivity index (χ2n) is 4.58. The number of benzene rings is 1. The fourth-order valence-electron chi connectivity index (χ4n) is 2.09. The van der Waals surface area contributed by atoms with Crippen molar-refractivity contribution in [2.75, 3.05) is 23.5 Å². The van der Waals surface area contributed by atoms with Gasteiger partial charge in [0.05, 0.1) is 11.6 Å². The van der Waals surface area contributed by atoms with E-state index in [1.54, 1.807) is 16.7 Å². The largest absolute Gasteiger partial charge is 0.324 e. The zero-order chi connectivity index (χ0) is 13.8. The first kappa shape index (κ1) is 13.9. The van der Waals surface area contributed by atoms with Gasteiger partial charge in [-0.25, -0.2) is 0 Å². The van der Waals surface area contributed by atoms with Crippen LogP contribution in [0.1, 0.15) is 18.1 Å². The third-order valence-corrected chi connectivity index (χ3v) is 4.11. The molecule has 0 spiro atoms. The third kappa shape index (κ3) is 3.29. The van der Waals surface area contributed by atoms with Gasteiger partial charge in [0, 0.05) is 5.69 Å². The first-order valence-electron chi connectivity index (χ1n) is 6.35. The van der Waals surface area contributed by atoms with Crippen molar-refractivity contribution in [2.45, 2.75) is 20.3 Å². The van der Waals surface area contributed by atoms with Gasteiger partial charge in [0.15, 0.2) is 0 Å². The fourth-order valence-corrected chi connectivity index (χ4v) is 3.00. The quantitative estimate of drug-likeness (QED) is 0.917. The van der Waals surface area contributed by atoms with E-state index in [1.165, 1.54) is 0 Å². The Morgan fingerprint density at radius 1 is 1.47 bits per heavy atom. The number of hydrogen-bond donors (Lipinski definition) is 1. The van der Waals surface area contributed by atoms with E-state index in [4.69, 9.17) is 0 Å². The summed E-state index contributed by atoms with van der Waals surface area (Å²) in [5.41, 5.74) is 3.06. The van der Waals surface area contributed by atoms with Gasteiger partial charge >= 0.3 is 0 Å². The number of nitrogens with one attached hydrogen (secondary N) is 1. The molecule has 0 aromatic heterocycles. The topological polar surface area (TPSA) is 49.4 Å². The van der Waals surface area contributed by atoms with E-state index in [2.05, 4.69) is 12.2 Å². The molecule has 1 aliphatic rings. The second kappa shape index (κ2) is 6.10. The minimum atomic E-state index is -0.125. The van der Waals surface area contributed by atoms with Crippen LogP contribution in [0.25, 0.3) is 0 Å². The SMILES string of the molecule is CCc1cccc(C)c1NC(=O)CN1CSCC1=O. The van der Waals surface area contributed by atoms with E-state index in [-0.39, 0.29) is 18.4 Å². The Hall–Kier alpha value is -1.49. The summed E-state index contributed by atoms with van der Waals surface area (Å²) in [5.74, 6) is 1.01. The van der Waals surface area contributed by atoms with Crippen molar-refractivity contribution in [3.63, 3.8) is 0 Å². The lowest BCUT2D eigenvalue weighted by Crippen LogP contribution is -2.34. The summed E-state index contributed by atoms with van der Waals surface area (Å²) < 4.78 is 0. The van der Waals surface area contributed by atoms with Crippen LogP contribution < -0.4 is 5.32 Å². The van der Waals surface area contributed by atoms with Crippen LogP contribution >= 0.6 is 11.8 Å². The Bertz CT molecular complexity index is 502. The predicted molar refractivity (Wildman–Crippen MR) is 78.2 cm³/mol. The maximum atomic E-state index is 12.0. The number of anilines is 1. The zero-order valence-corrected chi connectivity index (χ0v) is 12.0. The Kier molecular flexibility index (Phi) is 4.47. The zero-order valence-electron chi connectivity index (χ0n) is 11.2. The number of nitrogens with zero attached hydrogens (tertiary/aromatic N) is 1. The highest BCUT2D eigenvalue weighted by Crippen LogP contribution is 2.21. The molecule has 1 aromatic carbocycles. The van der Waals surface area contributed by atoms with Crippen LogP contribution in [0.15, 0.2) is 18.2 Å². The highest BCUT2D eigenvalue weighted by molar-refractivity contribution is 8.00. The monoisotopic (exact) mass is 278 g/mol. The number of amides is 2. The molecular weight excluding hydrogens is 260 g/mol. The molecule has 1 aliphatic heterocycles. The van der Waals surface area contributed by atoms with E-state index < -0.39 is 0 Å². The first-order valence-corrected chi connectivity index (χ1v) is 7.51. The molecular formula is C14H18N2O2S. The number of thioether (sulfide) groups is 1. The van der Waals surface area contributed by atoms with Crippen LogP contribution in [0.2, 0.25) is 0 Å². The summed E-state index contributed by atoms with van der Waals surface area (Å²) in [7, 11) is 0. The third-order valence-electron chi connectivity index (χ3n) is 3.16. The lowest BCUT2D eigenvalue weighted by atomic mass is 10.1. The number of hydrogen-bond acceptors (Lipinski definition) is 3. The van der Waals surface area contributed by atoms with E-state index >= 15 is 0 Å². The van der Waals surface area contributed by atoms with Crippen molar-refractivity contribution in [1.82, 2.24) is 4.90 Å². The minimum Gasteiger partial charge on any atom is -0.324 e. The van der Waals surface area contributed by atoms with E-state index in [0.717, 1.165) is 23.2 Å². The predicted octanol–water partition coefficient (Wildman–Crippen LogP) is 2.03. The maximum Gasteiger partial charge on any atom is 0.244 e. The molecule has 0 unspecified atom stereocenters. The van der Waals surface area contributed by atoms with Gasteiger partial charge in [-0.05, 0) is 24.5 Å². The molecule has 19 heavy (non-hydrogen) atoms. The summed E-state index contributed by atoms with van der Waals surface area (Å²) in [5, 5.41) is 2.94. The molecule has 1 N–H and O–H groups in total. The van der Waals surface area contributed by atoms with Gasteiger partial charge in [-0.1, -0.05) is 25.1 Å². The van der Waals surface area contributed by atoms with Crippen molar-refractivity contribution in [3.05, 3.63) is 29.3 Å². The molecule has 0 atom stereocenters. The Morgan fingerprint density at radius 2 is 2.26 bits per heavy atom. The van der Waals surface area contributed by atoms with Crippen LogP contribution in [-0.2, 0) is 16.0 Å². The normalized spacial score (nSPS) is 14.8. The number of carbonyl (C=O) groups excluding carboxylic acids is 2. The molecule has 1 heterocycles. The number of para-hydroxylation sites is 1. The maximum absolute atomic E-state index is 12.0. The molecule has 1 fully saturated rings. The molecule has 2 rings (SSSR count). The summed E-state index contributed by atoms with van der Waals surface area (Å²) in [6.45, 7) is 4.18. The Balaban J connectivity index is 2.04. The molecule has 0 radical (unpaired) electrons. The molecule has 0 bridgehead atoms. The van der Waals surface area contributed by atoms with Gasteiger partial charge in [-0.15, -0.1) is 11.8 Å². The highest BCUT2D eigenvalue weighted by atomic mass is 32.2. The summed E-state index contributed by atoms with van der Waals surface area (Å²) in [6.07, 6.45) is 0.871. The van der Waals surface area contributed by atoms with E-state index in [9.17, 15) is 9.59 Å². The lowest BCUT2D eigenvalue weighted by Gasteiger charge is -2.17. The van der Waals surface area contributed by atoms with Crippen LogP contribution in [0.5, 0.6) is 0 Å². The van der Waals surface area contributed by atoms with Crippen LogP contribution in [0.3, 0.4) is 0 Å². The molecule has 1 aromatic rings. The molecule has 4 nitrogen and oxygen atoms in total. The summed E-state index contributed by atoms with van der Waals surface area (Å²) in [6, 6.07) is 5.98. The Labute approximate surface area is 117 Å². The van der Waals surface area contributed by atoms with Crippen LogP contribution in [0.4, 0.5) is 5.69 Å². The smallest absolute Gasteiger partial charge is 0.244 e. The molecule has 0 saturated carbocycles. The summed E-state index contributed by atoms with van der Waals surface area (Å²) >= 11 is 1.55. The highest BCUT2D eigenvalue weighted by Gasteiger charge is 2.23. The van der Waals surface area contributed by atoms with Crippen LogP contribution in [0, 0.1) is 6.92 Å². The van der Waals surface area contributed by atoms with Crippen molar-refractivity contribution in [3.8, 4) is 0 Å². The molecule has 5 heteroatoms. The average Bonchev–Trinajstić information content (AvgIpc) is 2.77. The molecule has 2 amide bonds. The first-order chi connectivity index (χ1) is 9.11. The van der Waals surface area contributed by atoms with Gasteiger partial charge in [-0.2, -0.15) is 0 Å². The molecule has 1 saturated heterocycles. The van der Waals surface area contributed by atoms with Crippen molar-refractivity contribution in [1.29, 1.82) is 0 Å². The van der Waals surface area contributed by atoms with E-state index in [1.807, 2.05) is 25.1 Å². The second-order valence-corrected chi connectivity index (χ2v) is 5.54. The van der Waals surface area contributed by atoms with Crippen molar-refractivity contribution >= 4 is 29.3 Å². The number of carbonyl (C=O) groups is 2. The number of aryl methyl sites for hydroxylation is 2. The van der Waals surface area contributed by atoms with Gasteiger partial charge in [0.2, 0.25) is 11.8 Å². The Morgan fingerprint density at radius 3 is 2.89 bits per heavy atom. The lowest BCUT2D eigenvalue weighted by molar-refractivity contribution is -0.130. The van der Waals surface area contributed by atoms with Crippen molar-refractivity contribution < 1.29 is 9.59 Å². The molecule has 102 valence electrons. The molecule has 0 aliphatic carbocycles. The van der Waals surface area contributed by atoms with Gasteiger partial charge in [0.1, 0.15) is 6.54 Å². The van der Waals surface area contributed by atoms with Crippen molar-refractivity contribution in [2.24, 2.45) is 0 Å². The minimum absolute atomic E-state index is 0.0423. The van der Waals surface area contributed by atoms with Gasteiger partial charge in [0.25, 0.3) is 0 Å². The average molecular weight is 278 g/mol. The number of rotatable bonds is 4. The summed E-state index contributed by atoms with van der Waals surface area (Å²) in [4.78, 5) is 25.1. The fraction of sp³-hybridized carbons (Fsp3) is 0.429. The van der Waals surface area contributed by atoms with Crippen LogP contribution in [-0.4, -0.2) is 34.9 Å².